The molecule has 0 aliphatic carbocycles. The van der Waals surface area contributed by atoms with Crippen molar-refractivity contribution >= 4 is 11.6 Å². The average molecular weight is 274 g/mol. The maximum Gasteiger partial charge on any atom is 0.255 e. The van der Waals surface area contributed by atoms with Crippen LogP contribution in [0.1, 0.15) is 12.6 Å². The van der Waals surface area contributed by atoms with Crippen LogP contribution < -0.4 is 15.8 Å². The lowest BCUT2D eigenvalue weighted by molar-refractivity contribution is -0.119. The van der Waals surface area contributed by atoms with E-state index in [0.29, 0.717) is 12.3 Å². The number of aromatic nitrogens is 2. The molecule has 0 aliphatic heterocycles. The second-order valence-electron chi connectivity index (χ2n) is 4.27. The Labute approximate surface area is 117 Å². The van der Waals surface area contributed by atoms with Crippen LogP contribution in [0.3, 0.4) is 0 Å². The van der Waals surface area contributed by atoms with Crippen molar-refractivity contribution in [2.24, 2.45) is 5.73 Å². The van der Waals surface area contributed by atoms with Gasteiger partial charge in [-0.3, -0.25) is 9.48 Å². The zero-order valence-corrected chi connectivity index (χ0v) is 11.4. The highest BCUT2D eigenvalue weighted by Crippen LogP contribution is 2.18. The minimum atomic E-state index is -0.491. The highest BCUT2D eigenvalue weighted by Gasteiger charge is 2.02. The van der Waals surface area contributed by atoms with Gasteiger partial charge in [-0.05, 0) is 25.1 Å². The molecule has 20 heavy (non-hydrogen) atoms. The minimum Gasteiger partial charge on any atom is -0.484 e. The predicted octanol–water partition coefficient (Wildman–Crippen LogP) is 1.38. The molecule has 0 spiro atoms. The Hall–Kier alpha value is -2.50. The highest BCUT2D eigenvalue weighted by atomic mass is 16.5. The van der Waals surface area contributed by atoms with Crippen LogP contribution in [0.5, 0.6) is 5.75 Å². The number of carbonyl (C=O) groups is 1. The largest absolute Gasteiger partial charge is 0.484 e. The van der Waals surface area contributed by atoms with Gasteiger partial charge in [-0.25, -0.2) is 0 Å². The molecule has 0 fully saturated rings. The van der Waals surface area contributed by atoms with Gasteiger partial charge in [-0.1, -0.05) is 6.07 Å². The highest BCUT2D eigenvalue weighted by molar-refractivity contribution is 5.75. The molecular weight excluding hydrogens is 256 g/mol. The van der Waals surface area contributed by atoms with E-state index in [-0.39, 0.29) is 6.61 Å². The number of aryl methyl sites for hydroxylation is 1. The zero-order valence-electron chi connectivity index (χ0n) is 11.4. The van der Waals surface area contributed by atoms with Gasteiger partial charge >= 0.3 is 0 Å². The summed E-state index contributed by atoms with van der Waals surface area (Å²) in [6, 6.07) is 9.38. The quantitative estimate of drug-likeness (QED) is 0.799. The van der Waals surface area contributed by atoms with E-state index < -0.39 is 5.91 Å². The molecule has 0 saturated carbocycles. The monoisotopic (exact) mass is 274 g/mol. The Balaban J connectivity index is 1.96. The molecule has 2 rings (SSSR count). The van der Waals surface area contributed by atoms with Crippen molar-refractivity contribution in [2.45, 2.75) is 20.0 Å². The molecule has 1 amide bonds. The minimum absolute atomic E-state index is 0.119. The van der Waals surface area contributed by atoms with Gasteiger partial charge in [0.25, 0.3) is 5.91 Å². The fourth-order valence-electron chi connectivity index (χ4n) is 1.84. The summed E-state index contributed by atoms with van der Waals surface area (Å²) >= 11 is 0. The average Bonchev–Trinajstić information content (AvgIpc) is 2.91. The van der Waals surface area contributed by atoms with Crippen molar-refractivity contribution in [1.82, 2.24) is 9.78 Å². The van der Waals surface area contributed by atoms with Gasteiger partial charge in [0.15, 0.2) is 6.61 Å². The van der Waals surface area contributed by atoms with Crippen LogP contribution in [0.25, 0.3) is 0 Å². The summed E-state index contributed by atoms with van der Waals surface area (Å²) in [5, 5.41) is 7.51. The molecule has 0 aliphatic rings. The van der Waals surface area contributed by atoms with E-state index in [1.807, 2.05) is 28.9 Å². The molecule has 1 heterocycles. The Bertz CT molecular complexity index is 580. The molecule has 2 aromatic rings. The first-order valence-electron chi connectivity index (χ1n) is 6.44. The van der Waals surface area contributed by atoms with Gasteiger partial charge in [0.2, 0.25) is 0 Å². The van der Waals surface area contributed by atoms with E-state index in [4.69, 9.17) is 10.5 Å². The van der Waals surface area contributed by atoms with Crippen LogP contribution in [0.4, 0.5) is 5.69 Å². The van der Waals surface area contributed by atoms with E-state index >= 15 is 0 Å². The molecule has 6 nitrogen and oxygen atoms in total. The predicted molar refractivity (Wildman–Crippen MR) is 76.4 cm³/mol. The van der Waals surface area contributed by atoms with Crippen LogP contribution >= 0.6 is 0 Å². The molecule has 0 saturated heterocycles. The van der Waals surface area contributed by atoms with Crippen LogP contribution in [0, 0.1) is 0 Å². The fraction of sp³-hybridized carbons (Fsp3) is 0.286. The Morgan fingerprint density at radius 2 is 2.30 bits per heavy atom. The van der Waals surface area contributed by atoms with Gasteiger partial charge in [0.05, 0.1) is 12.2 Å². The van der Waals surface area contributed by atoms with E-state index in [1.54, 1.807) is 12.3 Å². The zero-order chi connectivity index (χ0) is 14.4. The van der Waals surface area contributed by atoms with Gasteiger partial charge in [0, 0.05) is 24.5 Å². The summed E-state index contributed by atoms with van der Waals surface area (Å²) in [4.78, 5) is 10.7. The van der Waals surface area contributed by atoms with Crippen molar-refractivity contribution in [3.8, 4) is 5.75 Å². The molecule has 6 heteroatoms. The Kier molecular flexibility index (Phi) is 4.60. The van der Waals surface area contributed by atoms with Gasteiger partial charge in [-0.2, -0.15) is 5.10 Å². The molecule has 1 aromatic heterocycles. The van der Waals surface area contributed by atoms with Crippen molar-refractivity contribution in [1.29, 1.82) is 0 Å². The van der Waals surface area contributed by atoms with Crippen molar-refractivity contribution in [3.05, 3.63) is 42.2 Å². The van der Waals surface area contributed by atoms with Crippen LogP contribution in [-0.2, 0) is 17.9 Å². The lowest BCUT2D eigenvalue weighted by Gasteiger charge is -2.10. The molecule has 0 bridgehead atoms. The topological polar surface area (TPSA) is 82.2 Å². The van der Waals surface area contributed by atoms with Crippen molar-refractivity contribution in [2.75, 3.05) is 11.9 Å². The molecular formula is C14H18N4O2. The molecule has 0 unspecified atom stereocenters. The third-order valence-corrected chi connectivity index (χ3v) is 2.79. The number of ether oxygens (including phenoxy) is 1. The number of primary amides is 1. The van der Waals surface area contributed by atoms with E-state index in [0.717, 1.165) is 17.9 Å². The second kappa shape index (κ2) is 6.60. The normalized spacial score (nSPS) is 10.2. The first-order chi connectivity index (χ1) is 9.69. The van der Waals surface area contributed by atoms with Crippen molar-refractivity contribution in [3.63, 3.8) is 0 Å². The van der Waals surface area contributed by atoms with Gasteiger partial charge in [0.1, 0.15) is 5.75 Å². The lowest BCUT2D eigenvalue weighted by Crippen LogP contribution is -2.20. The van der Waals surface area contributed by atoms with Gasteiger partial charge in [-0.15, -0.1) is 0 Å². The van der Waals surface area contributed by atoms with Crippen LogP contribution in [0.15, 0.2) is 36.5 Å². The third-order valence-electron chi connectivity index (χ3n) is 2.79. The number of hydrogen-bond acceptors (Lipinski definition) is 4. The standard InChI is InChI=1S/C14H18N4O2/c1-2-18-12(6-7-17-18)9-16-11-4-3-5-13(8-11)20-10-14(15)19/h3-8,16H,2,9-10H2,1H3,(H2,15,19). The maximum atomic E-state index is 10.7. The fourth-order valence-corrected chi connectivity index (χ4v) is 1.84. The number of nitrogens with one attached hydrogen (secondary N) is 1. The number of nitrogens with zero attached hydrogens (tertiary/aromatic N) is 2. The maximum absolute atomic E-state index is 10.7. The third kappa shape index (κ3) is 3.74. The van der Waals surface area contributed by atoms with Crippen LogP contribution in [0.2, 0.25) is 0 Å². The van der Waals surface area contributed by atoms with E-state index in [9.17, 15) is 4.79 Å². The number of benzene rings is 1. The second-order valence-corrected chi connectivity index (χ2v) is 4.27. The van der Waals surface area contributed by atoms with Crippen LogP contribution in [-0.4, -0.2) is 22.3 Å². The number of carbonyl (C=O) groups excluding carboxylic acids is 1. The number of rotatable bonds is 7. The molecule has 3 N–H and O–H groups in total. The number of anilines is 1. The van der Waals surface area contributed by atoms with Crippen molar-refractivity contribution < 1.29 is 9.53 Å². The first kappa shape index (κ1) is 13.9. The number of hydrogen-bond donors (Lipinski definition) is 2. The Morgan fingerprint density at radius 1 is 1.45 bits per heavy atom. The van der Waals surface area contributed by atoms with Gasteiger partial charge < -0.3 is 15.8 Å². The first-order valence-corrected chi connectivity index (χ1v) is 6.44. The molecule has 1 aromatic carbocycles. The molecule has 106 valence electrons. The van der Waals surface area contributed by atoms with E-state index in [2.05, 4.69) is 17.3 Å². The summed E-state index contributed by atoms with van der Waals surface area (Å²) in [7, 11) is 0. The summed E-state index contributed by atoms with van der Waals surface area (Å²) in [5.41, 5.74) is 7.06. The Morgan fingerprint density at radius 3 is 3.05 bits per heavy atom. The lowest BCUT2D eigenvalue weighted by atomic mass is 10.3. The van der Waals surface area contributed by atoms with E-state index in [1.165, 1.54) is 0 Å². The summed E-state index contributed by atoms with van der Waals surface area (Å²) < 4.78 is 7.19. The summed E-state index contributed by atoms with van der Waals surface area (Å²) in [5.74, 6) is 0.119. The number of amides is 1. The summed E-state index contributed by atoms with van der Waals surface area (Å²) in [6.45, 7) is 3.44. The molecule has 0 atom stereocenters. The SMILES string of the molecule is CCn1nccc1CNc1cccc(OCC(N)=O)c1. The number of nitrogens with two attached hydrogens (primary N) is 1. The smallest absolute Gasteiger partial charge is 0.255 e. The summed E-state index contributed by atoms with van der Waals surface area (Å²) in [6.07, 6.45) is 1.78. The molecule has 0 radical (unpaired) electrons.